The molecule has 7 nitrogen and oxygen atoms in total. The number of pyridine rings is 1. The van der Waals surface area contributed by atoms with Gasteiger partial charge in [0, 0.05) is 35.9 Å². The topological polar surface area (TPSA) is 80.5 Å². The molecule has 0 bridgehead atoms. The summed E-state index contributed by atoms with van der Waals surface area (Å²) in [5, 5.41) is 14.1. The van der Waals surface area contributed by atoms with E-state index in [0.717, 1.165) is 42.0 Å². The Labute approximate surface area is 154 Å². The maximum Gasteiger partial charge on any atom is 0.290 e. The zero-order valence-corrected chi connectivity index (χ0v) is 15.5. The van der Waals surface area contributed by atoms with Crippen LogP contribution in [0.3, 0.4) is 0 Å². The summed E-state index contributed by atoms with van der Waals surface area (Å²) < 4.78 is 6.46. The first kappa shape index (κ1) is 17.6. The van der Waals surface area contributed by atoms with Gasteiger partial charge in [-0.2, -0.15) is 0 Å². The van der Waals surface area contributed by atoms with Crippen molar-refractivity contribution in [1.82, 2.24) is 4.98 Å². The van der Waals surface area contributed by atoms with Gasteiger partial charge < -0.3 is 15.0 Å². The predicted molar refractivity (Wildman–Crippen MR) is 100 cm³/mol. The van der Waals surface area contributed by atoms with E-state index < -0.39 is 4.92 Å². The standard InChI is InChI=1S/C17H19BrN4O3/c1-12-15(22(23)24)4-5-17(20-12)19-11-13-2-3-14(18)10-16(13)21-6-8-25-9-7-21/h2-5,10H,6-9,11H2,1H3,(H,19,20). The first-order chi connectivity index (χ1) is 12.0. The lowest BCUT2D eigenvalue weighted by molar-refractivity contribution is -0.385. The van der Waals surface area contributed by atoms with Crippen LogP contribution in [0.5, 0.6) is 0 Å². The quantitative estimate of drug-likeness (QED) is 0.604. The Morgan fingerprint density at radius 2 is 2.08 bits per heavy atom. The van der Waals surface area contributed by atoms with Gasteiger partial charge in [0.05, 0.1) is 18.1 Å². The average Bonchev–Trinajstić information content (AvgIpc) is 2.61. The first-order valence-electron chi connectivity index (χ1n) is 8.01. The zero-order chi connectivity index (χ0) is 17.8. The summed E-state index contributed by atoms with van der Waals surface area (Å²) in [6.45, 7) is 5.40. The normalized spacial score (nSPS) is 14.4. The van der Waals surface area contributed by atoms with Crippen molar-refractivity contribution in [3.8, 4) is 0 Å². The van der Waals surface area contributed by atoms with Crippen LogP contribution in [-0.4, -0.2) is 36.2 Å². The molecule has 1 saturated heterocycles. The number of aromatic nitrogens is 1. The second-order valence-electron chi connectivity index (χ2n) is 5.78. The van der Waals surface area contributed by atoms with Crippen LogP contribution in [-0.2, 0) is 11.3 Å². The number of ether oxygens (including phenoxy) is 1. The third-order valence-corrected chi connectivity index (χ3v) is 4.61. The second-order valence-corrected chi connectivity index (χ2v) is 6.70. The number of nitro groups is 1. The van der Waals surface area contributed by atoms with Gasteiger partial charge in [-0.1, -0.05) is 22.0 Å². The van der Waals surface area contributed by atoms with Crippen LogP contribution >= 0.6 is 15.9 Å². The summed E-state index contributed by atoms with van der Waals surface area (Å²) in [7, 11) is 0. The molecule has 8 heteroatoms. The van der Waals surface area contributed by atoms with Crippen LogP contribution in [0, 0.1) is 17.0 Å². The van der Waals surface area contributed by atoms with Crippen LogP contribution in [0.1, 0.15) is 11.3 Å². The molecule has 1 aliphatic heterocycles. The first-order valence-corrected chi connectivity index (χ1v) is 8.81. The van der Waals surface area contributed by atoms with Crippen molar-refractivity contribution in [2.45, 2.75) is 13.5 Å². The highest BCUT2D eigenvalue weighted by molar-refractivity contribution is 9.10. The summed E-state index contributed by atoms with van der Waals surface area (Å²) in [5.74, 6) is 0.624. The Bertz CT molecular complexity index is 778. The third kappa shape index (κ3) is 4.26. The zero-order valence-electron chi connectivity index (χ0n) is 13.9. The Morgan fingerprint density at radius 3 is 2.76 bits per heavy atom. The van der Waals surface area contributed by atoms with Gasteiger partial charge in [-0.15, -0.1) is 0 Å². The molecule has 3 rings (SSSR count). The number of hydrogen-bond acceptors (Lipinski definition) is 6. The van der Waals surface area contributed by atoms with Gasteiger partial charge in [0.1, 0.15) is 11.5 Å². The molecular weight excluding hydrogens is 388 g/mol. The fraction of sp³-hybridized carbons (Fsp3) is 0.353. The SMILES string of the molecule is Cc1nc(NCc2ccc(Br)cc2N2CCOCC2)ccc1[N+](=O)[O-]. The molecule has 0 amide bonds. The molecule has 1 N–H and O–H groups in total. The van der Waals surface area contributed by atoms with Gasteiger partial charge in [0.2, 0.25) is 0 Å². The van der Waals surface area contributed by atoms with Gasteiger partial charge in [-0.05, 0) is 30.7 Å². The van der Waals surface area contributed by atoms with Crippen LogP contribution in [0.25, 0.3) is 0 Å². The van der Waals surface area contributed by atoms with Crippen molar-refractivity contribution in [3.05, 3.63) is 56.2 Å². The highest BCUT2D eigenvalue weighted by Gasteiger charge is 2.16. The number of benzene rings is 1. The van der Waals surface area contributed by atoms with Crippen LogP contribution in [0.15, 0.2) is 34.8 Å². The molecule has 0 atom stereocenters. The van der Waals surface area contributed by atoms with E-state index in [0.29, 0.717) is 18.1 Å². The number of morpholine rings is 1. The van der Waals surface area contributed by atoms with Gasteiger partial charge in [-0.3, -0.25) is 10.1 Å². The monoisotopic (exact) mass is 406 g/mol. The smallest absolute Gasteiger partial charge is 0.290 e. The van der Waals surface area contributed by atoms with E-state index in [1.807, 2.05) is 6.07 Å². The summed E-state index contributed by atoms with van der Waals surface area (Å²) in [6, 6.07) is 9.31. The predicted octanol–water partition coefficient (Wildman–Crippen LogP) is 3.51. The van der Waals surface area contributed by atoms with E-state index in [-0.39, 0.29) is 5.69 Å². The Morgan fingerprint density at radius 1 is 1.32 bits per heavy atom. The molecule has 1 aliphatic rings. The van der Waals surface area contributed by atoms with Gasteiger partial charge >= 0.3 is 0 Å². The number of hydrogen-bond donors (Lipinski definition) is 1. The number of nitrogens with zero attached hydrogens (tertiary/aromatic N) is 3. The summed E-state index contributed by atoms with van der Waals surface area (Å²) in [4.78, 5) is 17.0. The maximum absolute atomic E-state index is 10.9. The molecule has 0 saturated carbocycles. The van der Waals surface area contributed by atoms with Crippen molar-refractivity contribution in [2.75, 3.05) is 36.5 Å². The van der Waals surface area contributed by atoms with Crippen LogP contribution in [0.4, 0.5) is 17.2 Å². The molecule has 0 spiro atoms. The average molecular weight is 407 g/mol. The van der Waals surface area contributed by atoms with Crippen molar-refractivity contribution >= 4 is 33.1 Å². The number of halogens is 1. The fourth-order valence-electron chi connectivity index (χ4n) is 2.82. The highest BCUT2D eigenvalue weighted by atomic mass is 79.9. The Balaban J connectivity index is 1.77. The Hall–Kier alpha value is -2.19. The minimum absolute atomic E-state index is 0.0307. The molecule has 0 unspecified atom stereocenters. The summed E-state index contributed by atoms with van der Waals surface area (Å²) in [5.41, 5.74) is 2.73. The van der Waals surface area contributed by atoms with Crippen molar-refractivity contribution in [3.63, 3.8) is 0 Å². The van der Waals surface area contributed by atoms with E-state index >= 15 is 0 Å². The Kier molecular flexibility index (Phi) is 5.50. The van der Waals surface area contributed by atoms with E-state index in [2.05, 4.69) is 43.3 Å². The second kappa shape index (κ2) is 7.79. The van der Waals surface area contributed by atoms with Crippen molar-refractivity contribution in [1.29, 1.82) is 0 Å². The third-order valence-electron chi connectivity index (χ3n) is 4.11. The summed E-state index contributed by atoms with van der Waals surface area (Å²) >= 11 is 3.54. The number of anilines is 2. The molecule has 25 heavy (non-hydrogen) atoms. The summed E-state index contributed by atoms with van der Waals surface area (Å²) in [6.07, 6.45) is 0. The molecule has 1 aromatic heterocycles. The van der Waals surface area contributed by atoms with E-state index in [1.165, 1.54) is 6.07 Å². The van der Waals surface area contributed by atoms with Crippen molar-refractivity contribution in [2.24, 2.45) is 0 Å². The van der Waals surface area contributed by atoms with Crippen LogP contribution < -0.4 is 10.2 Å². The molecule has 2 aromatic rings. The molecule has 2 heterocycles. The molecular formula is C17H19BrN4O3. The molecule has 1 fully saturated rings. The fourth-order valence-corrected chi connectivity index (χ4v) is 3.17. The molecule has 0 aliphatic carbocycles. The molecule has 0 radical (unpaired) electrons. The van der Waals surface area contributed by atoms with Gasteiger partial charge in [0.15, 0.2) is 0 Å². The minimum atomic E-state index is -0.419. The maximum atomic E-state index is 10.9. The van der Waals surface area contributed by atoms with Gasteiger partial charge in [0.25, 0.3) is 5.69 Å². The van der Waals surface area contributed by atoms with E-state index in [1.54, 1.807) is 13.0 Å². The van der Waals surface area contributed by atoms with E-state index in [9.17, 15) is 10.1 Å². The minimum Gasteiger partial charge on any atom is -0.378 e. The lowest BCUT2D eigenvalue weighted by Crippen LogP contribution is -2.36. The highest BCUT2D eigenvalue weighted by Crippen LogP contribution is 2.27. The van der Waals surface area contributed by atoms with Crippen LogP contribution in [0.2, 0.25) is 0 Å². The largest absolute Gasteiger partial charge is 0.378 e. The molecule has 1 aromatic carbocycles. The van der Waals surface area contributed by atoms with E-state index in [4.69, 9.17) is 4.74 Å². The van der Waals surface area contributed by atoms with Crippen molar-refractivity contribution < 1.29 is 9.66 Å². The van der Waals surface area contributed by atoms with Gasteiger partial charge in [-0.25, -0.2) is 4.98 Å². The molecule has 132 valence electrons. The lowest BCUT2D eigenvalue weighted by Gasteiger charge is -2.31. The lowest BCUT2D eigenvalue weighted by atomic mass is 10.1. The number of aryl methyl sites for hydroxylation is 1. The number of rotatable bonds is 5. The number of nitrogens with one attached hydrogen (secondary N) is 1.